The quantitative estimate of drug-likeness (QED) is 0.495. The first-order valence-electron chi connectivity index (χ1n) is 2.86. The summed E-state index contributed by atoms with van der Waals surface area (Å²) in [5.41, 5.74) is 0. The summed E-state index contributed by atoms with van der Waals surface area (Å²) in [6.07, 6.45) is 0.139. The van der Waals surface area contributed by atoms with Gasteiger partial charge in [0.25, 0.3) is 0 Å². The van der Waals surface area contributed by atoms with Gasteiger partial charge in [0.1, 0.15) is 0 Å². The van der Waals surface area contributed by atoms with E-state index in [1.165, 1.54) is 0 Å². The van der Waals surface area contributed by atoms with Crippen molar-refractivity contribution in [3.63, 3.8) is 0 Å². The summed E-state index contributed by atoms with van der Waals surface area (Å²) < 4.78 is 34.9. The maximum Gasteiger partial charge on any atom is 1.00 e. The van der Waals surface area contributed by atoms with Crippen molar-refractivity contribution in [2.75, 3.05) is 6.61 Å². The summed E-state index contributed by atoms with van der Waals surface area (Å²) >= 11 is 0. The van der Waals surface area contributed by atoms with Crippen molar-refractivity contribution in [3.8, 4) is 0 Å². The molecule has 0 amide bonds. The van der Waals surface area contributed by atoms with Crippen molar-refractivity contribution in [2.45, 2.75) is 12.2 Å². The van der Waals surface area contributed by atoms with Crippen molar-refractivity contribution < 1.29 is 69.4 Å². The standard InChI is InChI=1S/C4H7BF3O.K/c6-5(7,8)4-1-3(4)2-9;/h3-4,9H,1-2H2;/q-1;+1. The van der Waals surface area contributed by atoms with Gasteiger partial charge in [0.05, 0.1) is 0 Å². The van der Waals surface area contributed by atoms with Crippen molar-refractivity contribution in [2.24, 2.45) is 5.92 Å². The Kier molecular flexibility index (Phi) is 4.48. The second-order valence-corrected chi connectivity index (χ2v) is 2.47. The fourth-order valence-electron chi connectivity index (χ4n) is 0.944. The molecule has 0 saturated heterocycles. The van der Waals surface area contributed by atoms with Gasteiger partial charge in [-0.25, -0.2) is 0 Å². The maximum absolute atomic E-state index is 11.6. The van der Waals surface area contributed by atoms with Crippen molar-refractivity contribution in [1.82, 2.24) is 0 Å². The average molecular weight is 178 g/mol. The molecule has 0 aromatic carbocycles. The van der Waals surface area contributed by atoms with Gasteiger partial charge in [-0.15, -0.1) is 0 Å². The second-order valence-electron chi connectivity index (χ2n) is 2.47. The summed E-state index contributed by atoms with van der Waals surface area (Å²) in [4.78, 5) is 0. The molecule has 1 fully saturated rings. The summed E-state index contributed by atoms with van der Waals surface area (Å²) in [6.45, 7) is -4.97. The molecule has 0 radical (unpaired) electrons. The molecule has 0 spiro atoms. The van der Waals surface area contributed by atoms with Crippen LogP contribution in [0.1, 0.15) is 6.42 Å². The molecule has 10 heavy (non-hydrogen) atoms. The Morgan fingerprint density at radius 1 is 1.40 bits per heavy atom. The Balaban J connectivity index is 0.000000810. The third-order valence-corrected chi connectivity index (χ3v) is 1.70. The normalized spacial score (nSPS) is 31.2. The van der Waals surface area contributed by atoms with E-state index in [-0.39, 0.29) is 64.4 Å². The molecule has 6 heteroatoms. The van der Waals surface area contributed by atoms with Crippen LogP contribution in [0.15, 0.2) is 0 Å². The molecule has 1 rings (SSSR count). The van der Waals surface area contributed by atoms with Crippen LogP contribution in [0.4, 0.5) is 12.9 Å². The number of rotatable bonds is 2. The van der Waals surface area contributed by atoms with Crippen LogP contribution in [0.2, 0.25) is 5.82 Å². The molecule has 1 saturated carbocycles. The molecule has 1 N–H and O–H groups in total. The number of aliphatic hydroxyl groups excluding tert-OH is 1. The van der Waals surface area contributed by atoms with E-state index < -0.39 is 18.7 Å². The molecule has 0 aromatic rings. The number of hydrogen-bond donors (Lipinski definition) is 1. The Morgan fingerprint density at radius 2 is 1.90 bits per heavy atom. The summed E-state index contributed by atoms with van der Waals surface area (Å²) in [7, 11) is 0. The number of halogens is 3. The predicted molar refractivity (Wildman–Crippen MR) is 28.0 cm³/mol. The van der Waals surface area contributed by atoms with Crippen LogP contribution in [-0.2, 0) is 0 Å². The van der Waals surface area contributed by atoms with Gasteiger partial charge in [-0.1, -0.05) is 12.2 Å². The molecule has 0 aromatic heterocycles. The molecule has 1 aliphatic rings. The topological polar surface area (TPSA) is 20.2 Å². The third kappa shape index (κ3) is 2.83. The van der Waals surface area contributed by atoms with Gasteiger partial charge in [-0.05, 0) is 5.92 Å². The minimum Gasteiger partial charge on any atom is -0.449 e. The molecule has 54 valence electrons. The monoisotopic (exact) mass is 178 g/mol. The predicted octanol–water partition coefficient (Wildman–Crippen LogP) is -1.78. The molecule has 0 bridgehead atoms. The zero-order valence-electron chi connectivity index (χ0n) is 5.73. The van der Waals surface area contributed by atoms with Gasteiger partial charge in [-0.3, -0.25) is 0 Å². The van der Waals surface area contributed by atoms with E-state index in [4.69, 9.17) is 5.11 Å². The Labute approximate surface area is 99.8 Å². The van der Waals surface area contributed by atoms with Crippen LogP contribution in [0.5, 0.6) is 0 Å². The van der Waals surface area contributed by atoms with E-state index >= 15 is 0 Å². The molecule has 1 aliphatic carbocycles. The zero-order valence-corrected chi connectivity index (χ0v) is 8.85. The first-order valence-corrected chi connectivity index (χ1v) is 2.86. The smallest absolute Gasteiger partial charge is 0.449 e. The van der Waals surface area contributed by atoms with Crippen molar-refractivity contribution >= 4 is 6.98 Å². The number of hydrogen-bond acceptors (Lipinski definition) is 1. The van der Waals surface area contributed by atoms with Gasteiger partial charge in [0, 0.05) is 6.61 Å². The van der Waals surface area contributed by atoms with Gasteiger partial charge >= 0.3 is 58.4 Å². The molecule has 2 unspecified atom stereocenters. The van der Waals surface area contributed by atoms with Gasteiger partial charge < -0.3 is 18.1 Å². The first-order chi connectivity index (χ1) is 4.05. The van der Waals surface area contributed by atoms with E-state index in [9.17, 15) is 12.9 Å². The van der Waals surface area contributed by atoms with Crippen LogP contribution in [0, 0.1) is 5.92 Å². The van der Waals surface area contributed by atoms with Crippen LogP contribution in [-0.4, -0.2) is 18.7 Å². The minimum atomic E-state index is -4.66. The van der Waals surface area contributed by atoms with Gasteiger partial charge in [0.2, 0.25) is 0 Å². The third-order valence-electron chi connectivity index (χ3n) is 1.70. The van der Waals surface area contributed by atoms with E-state index in [1.54, 1.807) is 0 Å². The van der Waals surface area contributed by atoms with E-state index in [0.717, 1.165) is 0 Å². The summed E-state index contributed by atoms with van der Waals surface area (Å²) in [5.74, 6) is -1.64. The Hall–Kier alpha value is 1.45. The van der Waals surface area contributed by atoms with Crippen molar-refractivity contribution in [1.29, 1.82) is 0 Å². The summed E-state index contributed by atoms with van der Waals surface area (Å²) in [6, 6.07) is 0. The fourth-order valence-corrected chi connectivity index (χ4v) is 0.944. The van der Waals surface area contributed by atoms with Crippen LogP contribution in [0.3, 0.4) is 0 Å². The van der Waals surface area contributed by atoms with E-state index in [0.29, 0.717) is 0 Å². The zero-order chi connectivity index (χ0) is 7.07. The number of aliphatic hydroxyl groups is 1. The summed E-state index contributed by atoms with van der Waals surface area (Å²) in [5, 5.41) is 8.25. The Bertz CT molecular complexity index is 118. The molecular weight excluding hydrogens is 171 g/mol. The fraction of sp³-hybridized carbons (Fsp3) is 1.00. The molecular formula is C4H7BF3KO. The van der Waals surface area contributed by atoms with Crippen LogP contribution in [0.25, 0.3) is 0 Å². The minimum absolute atomic E-state index is 0. The molecule has 0 heterocycles. The Morgan fingerprint density at radius 3 is 2.00 bits per heavy atom. The van der Waals surface area contributed by atoms with E-state index in [1.807, 2.05) is 0 Å². The van der Waals surface area contributed by atoms with Crippen LogP contribution < -0.4 is 51.4 Å². The van der Waals surface area contributed by atoms with Crippen molar-refractivity contribution in [3.05, 3.63) is 0 Å². The van der Waals surface area contributed by atoms with Gasteiger partial charge in [0.15, 0.2) is 0 Å². The van der Waals surface area contributed by atoms with Gasteiger partial charge in [-0.2, -0.15) is 0 Å². The SMILES string of the molecule is OCC1CC1[B-](F)(F)F.[K+]. The molecule has 2 atom stereocenters. The van der Waals surface area contributed by atoms with Crippen LogP contribution >= 0.6 is 0 Å². The second kappa shape index (κ2) is 3.91. The first kappa shape index (κ1) is 11.5. The molecule has 1 nitrogen and oxygen atoms in total. The largest absolute Gasteiger partial charge is 1.00 e. The maximum atomic E-state index is 11.6. The molecule has 0 aliphatic heterocycles. The van der Waals surface area contributed by atoms with E-state index in [2.05, 4.69) is 0 Å². The average Bonchev–Trinajstić information content (AvgIpc) is 2.39.